The molecule has 1 heterocycles. The molecule has 0 bridgehead atoms. The summed E-state index contributed by atoms with van der Waals surface area (Å²) < 4.78 is 20.0. The molecule has 2 aromatic carbocycles. The zero-order chi connectivity index (χ0) is 13.4. The van der Waals surface area contributed by atoms with E-state index in [0.29, 0.717) is 22.4 Å². The molecule has 1 unspecified atom stereocenters. The molecule has 1 atom stereocenters. The van der Waals surface area contributed by atoms with Crippen molar-refractivity contribution in [3.05, 3.63) is 63.4 Å². The van der Waals surface area contributed by atoms with Crippen molar-refractivity contribution in [3.8, 4) is 5.75 Å². The number of rotatable bonds is 2. The maximum Gasteiger partial charge on any atom is 0.130 e. The Hall–Kier alpha value is -1.39. The first kappa shape index (κ1) is 12.6. The minimum atomic E-state index is -1.04. The first-order valence-corrected chi connectivity index (χ1v) is 6.84. The van der Waals surface area contributed by atoms with Crippen molar-refractivity contribution in [2.75, 3.05) is 6.61 Å². The van der Waals surface area contributed by atoms with E-state index in [1.54, 1.807) is 18.2 Å². The van der Waals surface area contributed by atoms with Crippen LogP contribution in [0, 0.1) is 5.82 Å². The lowest BCUT2D eigenvalue weighted by molar-refractivity contribution is 0.208. The zero-order valence-corrected chi connectivity index (χ0v) is 11.7. The number of ether oxygens (including phenoxy) is 1. The van der Waals surface area contributed by atoms with Gasteiger partial charge in [0.15, 0.2) is 0 Å². The van der Waals surface area contributed by atoms with Gasteiger partial charge in [-0.2, -0.15) is 0 Å². The van der Waals surface area contributed by atoms with Crippen LogP contribution in [-0.2, 0) is 6.42 Å². The maximum absolute atomic E-state index is 13.9. The third kappa shape index (κ3) is 2.15. The van der Waals surface area contributed by atoms with Crippen LogP contribution in [0.4, 0.5) is 4.39 Å². The molecule has 0 radical (unpaired) electrons. The van der Waals surface area contributed by atoms with Gasteiger partial charge >= 0.3 is 0 Å². The topological polar surface area (TPSA) is 29.5 Å². The summed E-state index contributed by atoms with van der Waals surface area (Å²) in [4.78, 5) is 0. The van der Waals surface area contributed by atoms with Crippen LogP contribution in [0.2, 0.25) is 0 Å². The van der Waals surface area contributed by atoms with Gasteiger partial charge in [-0.1, -0.05) is 40.2 Å². The monoisotopic (exact) mass is 322 g/mol. The summed E-state index contributed by atoms with van der Waals surface area (Å²) >= 11 is 3.28. The molecule has 1 N–H and O–H groups in total. The van der Waals surface area contributed by atoms with Gasteiger partial charge in [0, 0.05) is 22.0 Å². The predicted octanol–water partition coefficient (Wildman–Crippen LogP) is 3.60. The Balaban J connectivity index is 2.10. The number of benzene rings is 2. The van der Waals surface area contributed by atoms with E-state index >= 15 is 0 Å². The molecule has 2 aromatic rings. The largest absolute Gasteiger partial charge is 0.493 e. The fourth-order valence-electron chi connectivity index (χ4n) is 2.38. The van der Waals surface area contributed by atoms with E-state index in [0.717, 1.165) is 12.0 Å². The van der Waals surface area contributed by atoms with Crippen molar-refractivity contribution in [1.82, 2.24) is 0 Å². The van der Waals surface area contributed by atoms with Gasteiger partial charge in [-0.15, -0.1) is 0 Å². The number of aliphatic hydroxyl groups is 1. The molecule has 4 heteroatoms. The van der Waals surface area contributed by atoms with Crippen molar-refractivity contribution in [2.45, 2.75) is 12.5 Å². The molecule has 1 aliphatic rings. The summed E-state index contributed by atoms with van der Waals surface area (Å²) in [6.45, 7) is 0.609. The highest BCUT2D eigenvalue weighted by molar-refractivity contribution is 9.10. The average Bonchev–Trinajstić information content (AvgIpc) is 2.86. The first-order chi connectivity index (χ1) is 9.18. The van der Waals surface area contributed by atoms with Crippen molar-refractivity contribution >= 4 is 15.9 Å². The molecular formula is C15H12BrFO2. The summed E-state index contributed by atoms with van der Waals surface area (Å²) in [5, 5.41) is 10.5. The van der Waals surface area contributed by atoms with Crippen LogP contribution < -0.4 is 4.74 Å². The average molecular weight is 323 g/mol. The quantitative estimate of drug-likeness (QED) is 0.915. The molecule has 19 heavy (non-hydrogen) atoms. The van der Waals surface area contributed by atoms with Crippen LogP contribution in [0.5, 0.6) is 5.75 Å². The Bertz CT molecular complexity index is 607. The van der Waals surface area contributed by atoms with Crippen LogP contribution in [0.25, 0.3) is 0 Å². The van der Waals surface area contributed by atoms with Gasteiger partial charge in [0.1, 0.15) is 17.7 Å². The van der Waals surface area contributed by atoms with Gasteiger partial charge in [0.2, 0.25) is 0 Å². The van der Waals surface area contributed by atoms with Gasteiger partial charge in [-0.25, -0.2) is 4.39 Å². The lowest BCUT2D eigenvalue weighted by atomic mass is 9.98. The lowest BCUT2D eigenvalue weighted by Crippen LogP contribution is -2.05. The maximum atomic E-state index is 13.9. The number of para-hydroxylation sites is 1. The minimum Gasteiger partial charge on any atom is -0.493 e. The van der Waals surface area contributed by atoms with Crippen molar-refractivity contribution < 1.29 is 14.2 Å². The van der Waals surface area contributed by atoms with Gasteiger partial charge in [-0.05, 0) is 17.7 Å². The summed E-state index contributed by atoms with van der Waals surface area (Å²) in [6, 6.07) is 10.3. The van der Waals surface area contributed by atoms with Crippen LogP contribution in [0.3, 0.4) is 0 Å². The van der Waals surface area contributed by atoms with E-state index in [9.17, 15) is 9.50 Å². The number of fused-ring (bicyclic) bond motifs is 1. The summed E-state index contributed by atoms with van der Waals surface area (Å²) in [6.07, 6.45) is -0.211. The van der Waals surface area contributed by atoms with E-state index in [4.69, 9.17) is 4.74 Å². The van der Waals surface area contributed by atoms with Crippen molar-refractivity contribution in [3.63, 3.8) is 0 Å². The minimum absolute atomic E-state index is 0.242. The smallest absolute Gasteiger partial charge is 0.130 e. The van der Waals surface area contributed by atoms with Crippen molar-refractivity contribution in [1.29, 1.82) is 0 Å². The molecule has 0 aliphatic carbocycles. The van der Waals surface area contributed by atoms with Crippen LogP contribution in [-0.4, -0.2) is 11.7 Å². The molecule has 98 valence electrons. The van der Waals surface area contributed by atoms with Gasteiger partial charge in [0.25, 0.3) is 0 Å². The van der Waals surface area contributed by atoms with Crippen LogP contribution >= 0.6 is 15.9 Å². The van der Waals surface area contributed by atoms with Crippen LogP contribution in [0.1, 0.15) is 22.8 Å². The van der Waals surface area contributed by atoms with Gasteiger partial charge in [0.05, 0.1) is 6.61 Å². The highest BCUT2D eigenvalue weighted by atomic mass is 79.9. The molecule has 0 aromatic heterocycles. The number of hydrogen-bond donors (Lipinski definition) is 1. The molecule has 0 fully saturated rings. The fraction of sp³-hybridized carbons (Fsp3) is 0.200. The van der Waals surface area contributed by atoms with E-state index in [1.165, 1.54) is 6.07 Å². The second kappa shape index (κ2) is 4.94. The van der Waals surface area contributed by atoms with E-state index in [1.807, 2.05) is 12.1 Å². The van der Waals surface area contributed by atoms with Crippen molar-refractivity contribution in [2.24, 2.45) is 0 Å². The Morgan fingerprint density at radius 2 is 2.00 bits per heavy atom. The standard InChI is InChI=1S/C15H12BrFO2/c16-11-5-2-6-12(17)13(11)14(18)10-4-1-3-9-7-8-19-15(9)10/h1-6,14,18H,7-8H2. The molecule has 3 rings (SSSR count). The predicted molar refractivity (Wildman–Crippen MR) is 73.8 cm³/mol. The molecule has 0 amide bonds. The SMILES string of the molecule is OC(c1cccc2c1OCC2)c1c(F)cccc1Br. The second-order valence-electron chi connectivity index (χ2n) is 4.47. The molecule has 1 aliphatic heterocycles. The third-order valence-electron chi connectivity index (χ3n) is 3.31. The van der Waals surface area contributed by atoms with Gasteiger partial charge < -0.3 is 9.84 Å². The number of halogens is 2. The lowest BCUT2D eigenvalue weighted by Gasteiger charge is -2.17. The molecule has 0 saturated carbocycles. The Morgan fingerprint density at radius 1 is 1.21 bits per heavy atom. The zero-order valence-electron chi connectivity index (χ0n) is 10.1. The Labute approximate surface area is 119 Å². The van der Waals surface area contributed by atoms with Crippen LogP contribution in [0.15, 0.2) is 40.9 Å². The Morgan fingerprint density at radius 3 is 2.79 bits per heavy atom. The normalized spacial score (nSPS) is 14.9. The summed E-state index contributed by atoms with van der Waals surface area (Å²) in [5.74, 6) is 0.252. The summed E-state index contributed by atoms with van der Waals surface area (Å²) in [5.41, 5.74) is 1.91. The third-order valence-corrected chi connectivity index (χ3v) is 4.00. The second-order valence-corrected chi connectivity index (χ2v) is 5.33. The fourth-order valence-corrected chi connectivity index (χ4v) is 2.94. The molecule has 0 saturated heterocycles. The summed E-state index contributed by atoms with van der Waals surface area (Å²) in [7, 11) is 0. The Kier molecular flexibility index (Phi) is 3.29. The molecule has 0 spiro atoms. The molecule has 2 nitrogen and oxygen atoms in total. The van der Waals surface area contributed by atoms with E-state index in [2.05, 4.69) is 15.9 Å². The highest BCUT2D eigenvalue weighted by Crippen LogP contribution is 2.38. The first-order valence-electron chi connectivity index (χ1n) is 6.05. The van der Waals surface area contributed by atoms with E-state index in [-0.39, 0.29) is 5.56 Å². The van der Waals surface area contributed by atoms with E-state index < -0.39 is 11.9 Å². The number of hydrogen-bond acceptors (Lipinski definition) is 2. The van der Waals surface area contributed by atoms with Gasteiger partial charge in [-0.3, -0.25) is 0 Å². The number of aliphatic hydroxyl groups excluding tert-OH is 1. The highest BCUT2D eigenvalue weighted by Gasteiger charge is 2.25. The molecular weight excluding hydrogens is 311 g/mol.